The molecule has 1 aromatic carbocycles. The Labute approximate surface area is 131 Å². The highest BCUT2D eigenvalue weighted by Crippen LogP contribution is 2.19. The van der Waals surface area contributed by atoms with Gasteiger partial charge in [-0.1, -0.05) is 33.6 Å². The molecular formula is C17H26N4O. The maximum Gasteiger partial charge on any atom is 0.241 e. The number of nitrogens with zero attached hydrogens (tertiary/aromatic N) is 1. The van der Waals surface area contributed by atoms with Crippen LogP contribution in [0.15, 0.2) is 18.2 Å². The van der Waals surface area contributed by atoms with Gasteiger partial charge in [0, 0.05) is 12.1 Å². The summed E-state index contributed by atoms with van der Waals surface area (Å²) in [5, 5.41) is 2.89. The highest BCUT2D eigenvalue weighted by Gasteiger charge is 2.19. The van der Waals surface area contributed by atoms with Crippen molar-refractivity contribution in [1.82, 2.24) is 9.97 Å². The van der Waals surface area contributed by atoms with Gasteiger partial charge >= 0.3 is 0 Å². The number of imidazole rings is 1. The molecule has 1 amide bonds. The third-order valence-corrected chi connectivity index (χ3v) is 4.13. The van der Waals surface area contributed by atoms with E-state index in [1.165, 1.54) is 0 Å². The van der Waals surface area contributed by atoms with Crippen LogP contribution < -0.4 is 11.1 Å². The fourth-order valence-corrected chi connectivity index (χ4v) is 2.34. The molecular weight excluding hydrogens is 276 g/mol. The average molecular weight is 302 g/mol. The molecule has 0 radical (unpaired) electrons. The van der Waals surface area contributed by atoms with Crippen LogP contribution in [0.3, 0.4) is 0 Å². The summed E-state index contributed by atoms with van der Waals surface area (Å²) in [5.41, 5.74) is 8.58. The largest absolute Gasteiger partial charge is 0.342 e. The molecule has 2 aromatic rings. The molecule has 1 heterocycles. The van der Waals surface area contributed by atoms with Crippen LogP contribution >= 0.6 is 0 Å². The van der Waals surface area contributed by atoms with Gasteiger partial charge in [-0.2, -0.15) is 0 Å². The molecule has 1 aromatic heterocycles. The molecule has 120 valence electrons. The van der Waals surface area contributed by atoms with Gasteiger partial charge in [0.15, 0.2) is 0 Å². The predicted molar refractivity (Wildman–Crippen MR) is 90.8 cm³/mol. The molecule has 2 unspecified atom stereocenters. The van der Waals surface area contributed by atoms with E-state index in [-0.39, 0.29) is 11.8 Å². The molecule has 2 rings (SSSR count). The fraction of sp³-hybridized carbons (Fsp3) is 0.529. The van der Waals surface area contributed by atoms with E-state index in [1.54, 1.807) is 0 Å². The number of fused-ring (bicyclic) bond motifs is 1. The van der Waals surface area contributed by atoms with Gasteiger partial charge in [-0.3, -0.25) is 4.79 Å². The third-order valence-electron chi connectivity index (χ3n) is 4.13. The maximum atomic E-state index is 12.1. The lowest BCUT2D eigenvalue weighted by molar-refractivity contribution is -0.118. The molecule has 0 saturated carbocycles. The van der Waals surface area contributed by atoms with Crippen LogP contribution in [0.5, 0.6) is 0 Å². The van der Waals surface area contributed by atoms with Gasteiger partial charge in [-0.25, -0.2) is 4.98 Å². The van der Waals surface area contributed by atoms with Crippen LogP contribution in [0.2, 0.25) is 0 Å². The summed E-state index contributed by atoms with van der Waals surface area (Å²) in [4.78, 5) is 20.0. The molecule has 22 heavy (non-hydrogen) atoms. The zero-order valence-electron chi connectivity index (χ0n) is 13.6. The number of nitrogens with one attached hydrogen (secondary N) is 2. The number of hydrogen-bond acceptors (Lipinski definition) is 3. The number of benzene rings is 1. The molecule has 0 spiro atoms. The number of aryl methyl sites for hydroxylation is 1. The molecule has 0 fully saturated rings. The van der Waals surface area contributed by atoms with E-state index in [2.05, 4.69) is 22.2 Å². The second kappa shape index (κ2) is 7.40. The molecule has 0 aliphatic carbocycles. The molecule has 0 saturated heterocycles. The van der Waals surface area contributed by atoms with Crippen molar-refractivity contribution < 1.29 is 4.79 Å². The van der Waals surface area contributed by atoms with Crippen molar-refractivity contribution in [2.45, 2.75) is 52.5 Å². The Morgan fingerprint density at radius 2 is 2.18 bits per heavy atom. The maximum absolute atomic E-state index is 12.1. The predicted octanol–water partition coefficient (Wildman–Crippen LogP) is 3.22. The lowest BCUT2D eigenvalue weighted by Crippen LogP contribution is -2.40. The summed E-state index contributed by atoms with van der Waals surface area (Å²) in [7, 11) is 0. The van der Waals surface area contributed by atoms with Crippen molar-refractivity contribution in [3.63, 3.8) is 0 Å². The number of rotatable bonds is 7. The topological polar surface area (TPSA) is 83.8 Å². The molecule has 4 N–H and O–H groups in total. The number of nitrogens with two attached hydrogens (primary N) is 1. The number of carbonyl (C=O) groups is 1. The highest BCUT2D eigenvalue weighted by molar-refractivity contribution is 5.96. The first kappa shape index (κ1) is 16.5. The van der Waals surface area contributed by atoms with E-state index in [1.807, 2.05) is 32.0 Å². The fourth-order valence-electron chi connectivity index (χ4n) is 2.34. The first-order chi connectivity index (χ1) is 10.5. The summed E-state index contributed by atoms with van der Waals surface area (Å²) < 4.78 is 0. The number of amides is 1. The molecule has 5 nitrogen and oxygen atoms in total. The van der Waals surface area contributed by atoms with E-state index in [0.29, 0.717) is 0 Å². The average Bonchev–Trinajstić information content (AvgIpc) is 2.93. The van der Waals surface area contributed by atoms with E-state index in [4.69, 9.17) is 5.73 Å². The van der Waals surface area contributed by atoms with Crippen LogP contribution in [0, 0.1) is 5.92 Å². The Morgan fingerprint density at radius 3 is 2.86 bits per heavy atom. The lowest BCUT2D eigenvalue weighted by Gasteiger charge is -2.17. The zero-order chi connectivity index (χ0) is 16.1. The molecule has 2 atom stereocenters. The van der Waals surface area contributed by atoms with Gasteiger partial charge in [0.25, 0.3) is 0 Å². The number of carbonyl (C=O) groups excluding carboxylic acids is 1. The summed E-state index contributed by atoms with van der Waals surface area (Å²) in [6.45, 7) is 6.19. The monoisotopic (exact) mass is 302 g/mol. The Hall–Kier alpha value is -1.88. The highest BCUT2D eigenvalue weighted by atomic mass is 16.2. The first-order valence-corrected chi connectivity index (χ1v) is 8.10. The van der Waals surface area contributed by atoms with E-state index >= 15 is 0 Å². The first-order valence-electron chi connectivity index (χ1n) is 8.10. The standard InChI is InChI=1S/C17H26N4O/c1-4-6-7-15-20-13-9-8-12(10-14(13)21-15)19-17(22)16(18)11(3)5-2/h8-11,16H,4-7,18H2,1-3H3,(H,19,22)(H,20,21). The van der Waals surface area contributed by atoms with Gasteiger partial charge in [0.2, 0.25) is 5.91 Å². The smallest absolute Gasteiger partial charge is 0.241 e. The summed E-state index contributed by atoms with van der Waals surface area (Å²) in [6, 6.07) is 5.22. The van der Waals surface area contributed by atoms with Crippen molar-refractivity contribution >= 4 is 22.6 Å². The molecule has 5 heteroatoms. The van der Waals surface area contributed by atoms with E-state index in [0.717, 1.165) is 48.2 Å². The third kappa shape index (κ3) is 3.85. The Kier molecular flexibility index (Phi) is 5.55. The van der Waals surface area contributed by atoms with Gasteiger partial charge in [0.05, 0.1) is 17.1 Å². The van der Waals surface area contributed by atoms with Crippen molar-refractivity contribution in [1.29, 1.82) is 0 Å². The Balaban J connectivity index is 2.10. The molecule has 0 bridgehead atoms. The number of aromatic amines is 1. The zero-order valence-corrected chi connectivity index (χ0v) is 13.6. The van der Waals surface area contributed by atoms with E-state index < -0.39 is 6.04 Å². The summed E-state index contributed by atoms with van der Waals surface area (Å²) in [5.74, 6) is 1.02. The van der Waals surface area contributed by atoms with Crippen molar-refractivity contribution in [2.75, 3.05) is 5.32 Å². The SMILES string of the molecule is CCCCc1nc2ccc(NC(=O)C(N)C(C)CC)cc2[nH]1. The van der Waals surface area contributed by atoms with Crippen molar-refractivity contribution in [3.05, 3.63) is 24.0 Å². The lowest BCUT2D eigenvalue weighted by atomic mass is 9.99. The second-order valence-electron chi connectivity index (χ2n) is 5.92. The van der Waals surface area contributed by atoms with E-state index in [9.17, 15) is 4.79 Å². The second-order valence-corrected chi connectivity index (χ2v) is 5.92. The van der Waals surface area contributed by atoms with Crippen molar-refractivity contribution in [3.8, 4) is 0 Å². The van der Waals surface area contributed by atoms with Crippen LogP contribution in [-0.4, -0.2) is 21.9 Å². The number of hydrogen-bond donors (Lipinski definition) is 3. The van der Waals surface area contributed by atoms with Crippen LogP contribution in [0.4, 0.5) is 5.69 Å². The van der Waals surface area contributed by atoms with Gasteiger partial charge in [0.1, 0.15) is 5.82 Å². The minimum absolute atomic E-state index is 0.139. The van der Waals surface area contributed by atoms with Crippen LogP contribution in [-0.2, 0) is 11.2 Å². The Bertz CT molecular complexity index is 635. The number of anilines is 1. The molecule has 0 aliphatic rings. The quantitative estimate of drug-likeness (QED) is 0.734. The number of aromatic nitrogens is 2. The van der Waals surface area contributed by atoms with Gasteiger partial charge in [-0.15, -0.1) is 0 Å². The Morgan fingerprint density at radius 1 is 1.41 bits per heavy atom. The van der Waals surface area contributed by atoms with Gasteiger partial charge in [-0.05, 0) is 30.5 Å². The van der Waals surface area contributed by atoms with Gasteiger partial charge < -0.3 is 16.0 Å². The van der Waals surface area contributed by atoms with Crippen LogP contribution in [0.1, 0.15) is 45.9 Å². The van der Waals surface area contributed by atoms with Crippen molar-refractivity contribution in [2.24, 2.45) is 11.7 Å². The normalized spacial score (nSPS) is 14.0. The number of unbranched alkanes of at least 4 members (excludes halogenated alkanes) is 1. The minimum atomic E-state index is -0.484. The number of H-pyrrole nitrogens is 1. The molecule has 0 aliphatic heterocycles. The van der Waals surface area contributed by atoms with Crippen LogP contribution in [0.25, 0.3) is 11.0 Å². The summed E-state index contributed by atoms with van der Waals surface area (Å²) >= 11 is 0. The minimum Gasteiger partial charge on any atom is -0.342 e. The summed E-state index contributed by atoms with van der Waals surface area (Å²) in [6.07, 6.45) is 4.10.